The first-order chi connectivity index (χ1) is 17.3. The fourth-order valence-corrected chi connectivity index (χ4v) is 4.72. The molecule has 3 heterocycles. The van der Waals surface area contributed by atoms with E-state index in [-0.39, 0.29) is 6.04 Å². The van der Waals surface area contributed by atoms with Crippen LogP contribution in [0.25, 0.3) is 16.9 Å². The summed E-state index contributed by atoms with van der Waals surface area (Å²) in [5.74, 6) is 0. The van der Waals surface area contributed by atoms with Crippen LogP contribution in [0.4, 0.5) is 5.69 Å². The van der Waals surface area contributed by atoms with Crippen LogP contribution >= 0.6 is 15.9 Å². The maximum absolute atomic E-state index is 5.11. The smallest absolute Gasteiger partial charge is 0.0996 e. The highest BCUT2D eigenvalue weighted by Gasteiger charge is 2.33. The summed E-state index contributed by atoms with van der Waals surface area (Å²) in [4.78, 5) is 4.36. The maximum Gasteiger partial charge on any atom is 0.0996 e. The molecule has 6 heteroatoms. The van der Waals surface area contributed by atoms with Crippen molar-refractivity contribution in [2.24, 2.45) is 5.10 Å². The molecule has 35 heavy (non-hydrogen) atoms. The zero-order valence-corrected chi connectivity index (χ0v) is 20.5. The van der Waals surface area contributed by atoms with Gasteiger partial charge in [0.25, 0.3) is 0 Å². The predicted molar refractivity (Wildman–Crippen MR) is 144 cm³/mol. The highest BCUT2D eigenvalue weighted by Crippen LogP contribution is 2.40. The van der Waals surface area contributed by atoms with E-state index in [2.05, 4.69) is 98.8 Å². The van der Waals surface area contributed by atoms with Crippen molar-refractivity contribution in [3.8, 4) is 16.9 Å². The van der Waals surface area contributed by atoms with Gasteiger partial charge in [-0.05, 0) is 54.1 Å². The SMILES string of the molecule is Brc1ccc(C2=NN(c3ccccc3)[C@@H](c3cn(-c4ccccc4)nc3-c3cccnc3)C2)cc1. The van der Waals surface area contributed by atoms with Crippen LogP contribution in [-0.2, 0) is 0 Å². The molecule has 0 spiro atoms. The molecule has 5 nitrogen and oxygen atoms in total. The van der Waals surface area contributed by atoms with Crippen LogP contribution in [-0.4, -0.2) is 20.5 Å². The molecule has 1 atom stereocenters. The average Bonchev–Trinajstić information content (AvgIpc) is 3.56. The molecule has 1 aliphatic heterocycles. The number of anilines is 1. The maximum atomic E-state index is 5.11. The van der Waals surface area contributed by atoms with E-state index in [4.69, 9.17) is 10.2 Å². The first-order valence-corrected chi connectivity index (χ1v) is 12.3. The van der Waals surface area contributed by atoms with Crippen LogP contribution in [0, 0.1) is 0 Å². The minimum atomic E-state index is -0.0104. The van der Waals surface area contributed by atoms with Gasteiger partial charge in [0, 0.05) is 40.6 Å². The van der Waals surface area contributed by atoms with E-state index in [1.807, 2.05) is 41.2 Å². The molecule has 0 fully saturated rings. The predicted octanol–water partition coefficient (Wildman–Crippen LogP) is 7.05. The lowest BCUT2D eigenvalue weighted by molar-refractivity contribution is 0.709. The number of para-hydroxylation sites is 2. The van der Waals surface area contributed by atoms with Crippen LogP contribution in [0.2, 0.25) is 0 Å². The van der Waals surface area contributed by atoms with E-state index in [1.165, 1.54) is 0 Å². The third kappa shape index (κ3) is 4.29. The number of pyridine rings is 1. The van der Waals surface area contributed by atoms with Gasteiger partial charge in [-0.15, -0.1) is 0 Å². The summed E-state index contributed by atoms with van der Waals surface area (Å²) in [6.45, 7) is 0. The van der Waals surface area contributed by atoms with E-state index >= 15 is 0 Å². The van der Waals surface area contributed by atoms with Crippen LogP contribution in [0.3, 0.4) is 0 Å². The van der Waals surface area contributed by atoms with Gasteiger partial charge in [0.1, 0.15) is 0 Å². The van der Waals surface area contributed by atoms with Crippen LogP contribution in [0.15, 0.2) is 125 Å². The van der Waals surface area contributed by atoms with Crippen molar-refractivity contribution < 1.29 is 0 Å². The van der Waals surface area contributed by atoms with Gasteiger partial charge in [-0.1, -0.05) is 64.5 Å². The Bertz CT molecular complexity index is 1460. The summed E-state index contributed by atoms with van der Waals surface area (Å²) in [7, 11) is 0. The van der Waals surface area contributed by atoms with Gasteiger partial charge in [0.05, 0.1) is 28.8 Å². The molecule has 1 aliphatic rings. The Balaban J connectivity index is 1.49. The molecule has 0 bridgehead atoms. The van der Waals surface area contributed by atoms with Crippen molar-refractivity contribution in [3.05, 3.63) is 131 Å². The topological polar surface area (TPSA) is 46.3 Å². The molecule has 5 aromatic rings. The Morgan fingerprint density at radius 3 is 2.14 bits per heavy atom. The normalized spacial score (nSPS) is 15.3. The molecule has 0 unspecified atom stereocenters. The second-order valence-electron chi connectivity index (χ2n) is 8.41. The third-order valence-corrected chi connectivity index (χ3v) is 6.69. The molecule has 2 aromatic heterocycles. The first-order valence-electron chi connectivity index (χ1n) is 11.5. The summed E-state index contributed by atoms with van der Waals surface area (Å²) >= 11 is 3.54. The fourth-order valence-electron chi connectivity index (χ4n) is 4.46. The summed E-state index contributed by atoms with van der Waals surface area (Å²) in [5, 5.41) is 12.3. The van der Waals surface area contributed by atoms with Crippen molar-refractivity contribution in [2.75, 3.05) is 5.01 Å². The number of hydrogen-bond acceptors (Lipinski definition) is 4. The summed E-state index contributed by atoms with van der Waals surface area (Å²) in [6, 6.07) is 32.9. The molecule has 3 aromatic carbocycles. The van der Waals surface area contributed by atoms with Gasteiger partial charge in [-0.3, -0.25) is 9.99 Å². The molecule has 6 rings (SSSR count). The van der Waals surface area contributed by atoms with E-state index in [1.54, 1.807) is 6.20 Å². The van der Waals surface area contributed by atoms with Crippen molar-refractivity contribution in [1.29, 1.82) is 0 Å². The van der Waals surface area contributed by atoms with Crippen molar-refractivity contribution >= 4 is 27.3 Å². The van der Waals surface area contributed by atoms with Gasteiger partial charge < -0.3 is 0 Å². The van der Waals surface area contributed by atoms with Crippen LogP contribution < -0.4 is 5.01 Å². The van der Waals surface area contributed by atoms with Crippen molar-refractivity contribution in [2.45, 2.75) is 12.5 Å². The Morgan fingerprint density at radius 2 is 1.46 bits per heavy atom. The Hall–Kier alpha value is -4.03. The quantitative estimate of drug-likeness (QED) is 0.250. The van der Waals surface area contributed by atoms with Crippen LogP contribution in [0.5, 0.6) is 0 Å². The second kappa shape index (κ2) is 9.31. The van der Waals surface area contributed by atoms with Crippen molar-refractivity contribution in [3.63, 3.8) is 0 Å². The molecular weight excluding hydrogens is 498 g/mol. The average molecular weight is 520 g/mol. The zero-order chi connectivity index (χ0) is 23.6. The minimum absolute atomic E-state index is 0.0104. The van der Waals surface area contributed by atoms with Gasteiger partial charge in [-0.2, -0.15) is 10.2 Å². The van der Waals surface area contributed by atoms with Gasteiger partial charge in [0.15, 0.2) is 0 Å². The third-order valence-electron chi connectivity index (χ3n) is 6.17. The van der Waals surface area contributed by atoms with Crippen molar-refractivity contribution in [1.82, 2.24) is 14.8 Å². The number of hydrazone groups is 1. The number of halogens is 1. The lowest BCUT2D eigenvalue weighted by Gasteiger charge is -2.23. The number of benzene rings is 3. The summed E-state index contributed by atoms with van der Waals surface area (Å²) in [6.07, 6.45) is 6.57. The second-order valence-corrected chi connectivity index (χ2v) is 9.32. The standard InChI is InChI=1S/C29H22BrN5/c30-23-15-13-21(14-16-23)27-18-28(35(32-27)25-11-5-2-6-12-25)26-20-34(24-9-3-1-4-10-24)33-29(26)22-8-7-17-31-19-22/h1-17,19-20,28H,18H2/t28-/m1/s1. The monoisotopic (exact) mass is 519 g/mol. The highest BCUT2D eigenvalue weighted by atomic mass is 79.9. The lowest BCUT2D eigenvalue weighted by Crippen LogP contribution is -2.18. The molecule has 0 N–H and O–H groups in total. The molecule has 0 aliphatic carbocycles. The Morgan fingerprint density at radius 1 is 0.743 bits per heavy atom. The number of rotatable bonds is 5. The largest absolute Gasteiger partial charge is 0.264 e. The van der Waals surface area contributed by atoms with E-state index in [0.29, 0.717) is 0 Å². The molecule has 0 saturated heterocycles. The highest BCUT2D eigenvalue weighted by molar-refractivity contribution is 9.10. The first kappa shape index (κ1) is 21.5. The Kier molecular flexibility index (Phi) is 5.72. The molecule has 0 saturated carbocycles. The Labute approximate surface area is 212 Å². The molecule has 170 valence electrons. The number of hydrogen-bond donors (Lipinski definition) is 0. The fraction of sp³-hybridized carbons (Fsp3) is 0.0690. The van der Waals surface area contributed by atoms with Gasteiger partial charge >= 0.3 is 0 Å². The minimum Gasteiger partial charge on any atom is -0.264 e. The lowest BCUT2D eigenvalue weighted by atomic mass is 9.96. The zero-order valence-electron chi connectivity index (χ0n) is 18.9. The van der Waals surface area contributed by atoms with E-state index < -0.39 is 0 Å². The summed E-state index contributed by atoms with van der Waals surface area (Å²) < 4.78 is 3.01. The number of nitrogens with zero attached hydrogens (tertiary/aromatic N) is 5. The van der Waals surface area contributed by atoms with Gasteiger partial charge in [0.2, 0.25) is 0 Å². The van der Waals surface area contributed by atoms with E-state index in [9.17, 15) is 0 Å². The number of aromatic nitrogens is 3. The molecule has 0 radical (unpaired) electrons. The van der Waals surface area contributed by atoms with Crippen LogP contribution in [0.1, 0.15) is 23.6 Å². The summed E-state index contributed by atoms with van der Waals surface area (Å²) in [5.41, 5.74) is 7.26. The molecule has 0 amide bonds. The van der Waals surface area contributed by atoms with E-state index in [0.717, 1.165) is 50.4 Å². The molecular formula is C29H22BrN5. The van der Waals surface area contributed by atoms with Gasteiger partial charge in [-0.25, -0.2) is 4.68 Å².